The molecular formula is C17H18BrNO3. The minimum Gasteiger partial charge on any atom is -0.483 e. The van der Waals surface area contributed by atoms with Crippen LogP contribution in [0.25, 0.3) is 0 Å². The summed E-state index contributed by atoms with van der Waals surface area (Å²) in [6.07, 6.45) is 0. The Bertz CT molecular complexity index is 645. The van der Waals surface area contributed by atoms with Gasteiger partial charge < -0.3 is 14.7 Å². The van der Waals surface area contributed by atoms with E-state index in [1.54, 1.807) is 24.1 Å². The molecule has 2 rings (SSSR count). The monoisotopic (exact) mass is 363 g/mol. The molecule has 0 bridgehead atoms. The van der Waals surface area contributed by atoms with E-state index in [9.17, 15) is 9.90 Å². The fourth-order valence-corrected chi connectivity index (χ4v) is 2.41. The summed E-state index contributed by atoms with van der Waals surface area (Å²) in [4.78, 5) is 13.8. The van der Waals surface area contributed by atoms with Gasteiger partial charge in [0.05, 0.1) is 6.61 Å². The molecule has 0 heterocycles. The Balaban J connectivity index is 1.93. The van der Waals surface area contributed by atoms with Crippen LogP contribution in [0.15, 0.2) is 53.0 Å². The number of aliphatic hydroxyl groups excluding tert-OH is 1. The number of amides is 1. The van der Waals surface area contributed by atoms with Crippen molar-refractivity contribution in [3.63, 3.8) is 0 Å². The summed E-state index contributed by atoms with van der Waals surface area (Å²) in [6.45, 7) is 0.334. The first-order valence-electron chi connectivity index (χ1n) is 6.90. The molecule has 116 valence electrons. The molecule has 22 heavy (non-hydrogen) atoms. The second-order valence-electron chi connectivity index (χ2n) is 4.90. The Morgan fingerprint density at radius 1 is 1.14 bits per heavy atom. The first-order chi connectivity index (χ1) is 10.6. The number of carbonyl (C=O) groups excluding carboxylic acids is 1. The number of halogens is 1. The topological polar surface area (TPSA) is 49.8 Å². The van der Waals surface area contributed by atoms with Gasteiger partial charge in [0.1, 0.15) is 5.75 Å². The van der Waals surface area contributed by atoms with E-state index in [1.807, 2.05) is 36.4 Å². The molecule has 0 saturated carbocycles. The molecule has 0 atom stereocenters. The number of hydrogen-bond acceptors (Lipinski definition) is 3. The smallest absolute Gasteiger partial charge is 0.260 e. The maximum atomic E-state index is 12.2. The van der Waals surface area contributed by atoms with Gasteiger partial charge in [0.15, 0.2) is 6.61 Å². The molecule has 0 unspecified atom stereocenters. The fourth-order valence-electron chi connectivity index (χ4n) is 2.00. The summed E-state index contributed by atoms with van der Waals surface area (Å²) >= 11 is 3.47. The second-order valence-corrected chi connectivity index (χ2v) is 5.75. The number of carbonyl (C=O) groups is 1. The van der Waals surface area contributed by atoms with Gasteiger partial charge >= 0.3 is 0 Å². The van der Waals surface area contributed by atoms with E-state index in [-0.39, 0.29) is 19.1 Å². The quantitative estimate of drug-likeness (QED) is 0.858. The van der Waals surface area contributed by atoms with Gasteiger partial charge in [0, 0.05) is 23.6 Å². The van der Waals surface area contributed by atoms with E-state index in [2.05, 4.69) is 15.9 Å². The number of nitrogens with zero attached hydrogens (tertiary/aromatic N) is 1. The van der Waals surface area contributed by atoms with Crippen molar-refractivity contribution in [2.24, 2.45) is 0 Å². The number of para-hydroxylation sites is 1. The molecule has 1 N–H and O–H groups in total. The highest BCUT2D eigenvalue weighted by atomic mass is 79.9. The van der Waals surface area contributed by atoms with Crippen molar-refractivity contribution >= 4 is 21.8 Å². The third-order valence-corrected chi connectivity index (χ3v) is 4.06. The Morgan fingerprint density at radius 3 is 2.45 bits per heavy atom. The first-order valence-corrected chi connectivity index (χ1v) is 7.70. The van der Waals surface area contributed by atoms with Crippen molar-refractivity contribution in [2.45, 2.75) is 13.2 Å². The van der Waals surface area contributed by atoms with Crippen LogP contribution in [0.4, 0.5) is 0 Å². The van der Waals surface area contributed by atoms with E-state index in [4.69, 9.17) is 4.74 Å². The lowest BCUT2D eigenvalue weighted by atomic mass is 10.2. The Labute approximate surface area is 138 Å². The van der Waals surface area contributed by atoms with Gasteiger partial charge in [-0.25, -0.2) is 0 Å². The molecular weight excluding hydrogens is 346 g/mol. The van der Waals surface area contributed by atoms with Gasteiger partial charge in [-0.15, -0.1) is 0 Å². The summed E-state index contributed by atoms with van der Waals surface area (Å²) < 4.78 is 6.49. The van der Waals surface area contributed by atoms with Crippen LogP contribution >= 0.6 is 15.9 Å². The predicted octanol–water partition coefficient (Wildman–Crippen LogP) is 2.98. The Morgan fingerprint density at radius 2 is 1.77 bits per heavy atom. The molecule has 0 aliphatic heterocycles. The van der Waals surface area contributed by atoms with E-state index in [0.29, 0.717) is 17.9 Å². The van der Waals surface area contributed by atoms with Crippen molar-refractivity contribution in [2.75, 3.05) is 13.7 Å². The average Bonchev–Trinajstić information content (AvgIpc) is 2.54. The van der Waals surface area contributed by atoms with Crippen molar-refractivity contribution in [1.82, 2.24) is 4.90 Å². The highest BCUT2D eigenvalue weighted by molar-refractivity contribution is 9.10. The average molecular weight is 364 g/mol. The zero-order chi connectivity index (χ0) is 15.9. The molecule has 4 nitrogen and oxygen atoms in total. The molecule has 0 fully saturated rings. The minimum atomic E-state index is -0.122. The zero-order valence-electron chi connectivity index (χ0n) is 12.3. The number of likely N-dealkylation sites (N-methyl/N-ethyl adjacent to an activating group) is 1. The fraction of sp³-hybridized carbons (Fsp3) is 0.235. The van der Waals surface area contributed by atoms with Crippen LogP contribution < -0.4 is 4.74 Å². The highest BCUT2D eigenvalue weighted by Crippen LogP contribution is 2.19. The van der Waals surface area contributed by atoms with Gasteiger partial charge in [-0.05, 0) is 17.7 Å². The minimum absolute atomic E-state index is 0.0576. The van der Waals surface area contributed by atoms with Gasteiger partial charge in [0.2, 0.25) is 0 Å². The van der Waals surface area contributed by atoms with Crippen LogP contribution in [0.5, 0.6) is 5.75 Å². The van der Waals surface area contributed by atoms with E-state index >= 15 is 0 Å². The van der Waals surface area contributed by atoms with E-state index in [0.717, 1.165) is 10.0 Å². The van der Waals surface area contributed by atoms with Crippen LogP contribution in [-0.2, 0) is 17.9 Å². The number of hydrogen-bond donors (Lipinski definition) is 1. The molecule has 0 aromatic heterocycles. The Kier molecular flexibility index (Phi) is 5.98. The molecule has 2 aromatic carbocycles. The lowest BCUT2D eigenvalue weighted by Crippen LogP contribution is -2.31. The summed E-state index contributed by atoms with van der Waals surface area (Å²) in [5.74, 6) is 0.413. The van der Waals surface area contributed by atoms with Gasteiger partial charge in [-0.3, -0.25) is 4.79 Å². The summed E-state index contributed by atoms with van der Waals surface area (Å²) in [5.41, 5.74) is 1.71. The van der Waals surface area contributed by atoms with Crippen LogP contribution in [-0.4, -0.2) is 29.6 Å². The highest BCUT2D eigenvalue weighted by Gasteiger charge is 2.12. The van der Waals surface area contributed by atoms with E-state index < -0.39 is 0 Å². The first kappa shape index (κ1) is 16.5. The molecule has 5 heteroatoms. The number of benzene rings is 2. The van der Waals surface area contributed by atoms with Crippen LogP contribution in [0.1, 0.15) is 11.1 Å². The van der Waals surface area contributed by atoms with Crippen LogP contribution in [0.3, 0.4) is 0 Å². The van der Waals surface area contributed by atoms with E-state index in [1.165, 1.54) is 0 Å². The van der Waals surface area contributed by atoms with Crippen molar-refractivity contribution in [3.8, 4) is 5.75 Å². The number of ether oxygens (including phenoxy) is 1. The summed E-state index contributed by atoms with van der Waals surface area (Å²) in [6, 6.07) is 14.9. The predicted molar refractivity (Wildman–Crippen MR) is 88.5 cm³/mol. The Hall–Kier alpha value is -1.85. The molecule has 2 aromatic rings. The lowest BCUT2D eigenvalue weighted by Gasteiger charge is -2.19. The third kappa shape index (κ3) is 4.32. The van der Waals surface area contributed by atoms with Crippen molar-refractivity contribution in [1.29, 1.82) is 0 Å². The SMILES string of the molecule is CN(Cc1ccccc1Br)C(=O)COc1ccccc1CO. The van der Waals surface area contributed by atoms with Gasteiger partial charge in [0.25, 0.3) is 5.91 Å². The maximum Gasteiger partial charge on any atom is 0.260 e. The van der Waals surface area contributed by atoms with Crippen LogP contribution in [0.2, 0.25) is 0 Å². The van der Waals surface area contributed by atoms with Crippen LogP contribution in [0, 0.1) is 0 Å². The standard InChI is InChI=1S/C17H18BrNO3/c1-19(10-13-6-2-4-8-15(13)18)17(21)12-22-16-9-5-3-7-14(16)11-20/h2-9,20H,10-12H2,1H3. The molecule has 0 aliphatic carbocycles. The number of aliphatic hydroxyl groups is 1. The second kappa shape index (κ2) is 7.96. The van der Waals surface area contributed by atoms with Crippen molar-refractivity contribution < 1.29 is 14.6 Å². The molecule has 0 aliphatic rings. The summed E-state index contributed by atoms with van der Waals surface area (Å²) in [5, 5.41) is 9.24. The molecule has 0 radical (unpaired) electrons. The van der Waals surface area contributed by atoms with Gasteiger partial charge in [-0.1, -0.05) is 52.3 Å². The lowest BCUT2D eigenvalue weighted by molar-refractivity contribution is -0.132. The molecule has 1 amide bonds. The number of rotatable bonds is 6. The molecule has 0 spiro atoms. The van der Waals surface area contributed by atoms with Gasteiger partial charge in [-0.2, -0.15) is 0 Å². The largest absolute Gasteiger partial charge is 0.483 e. The third-order valence-electron chi connectivity index (χ3n) is 3.29. The zero-order valence-corrected chi connectivity index (χ0v) is 13.9. The summed E-state index contributed by atoms with van der Waals surface area (Å²) in [7, 11) is 1.74. The maximum absolute atomic E-state index is 12.2. The van der Waals surface area contributed by atoms with Crippen molar-refractivity contribution in [3.05, 3.63) is 64.1 Å². The molecule has 0 saturated heterocycles. The normalized spacial score (nSPS) is 10.3.